The predicted molar refractivity (Wildman–Crippen MR) is 192 cm³/mol. The summed E-state index contributed by atoms with van der Waals surface area (Å²) in [5.74, 6) is -0.822. The van der Waals surface area contributed by atoms with E-state index in [1.165, 1.54) is 15.3 Å². The SMILES string of the molecule is CNc1cc(C2CCN(C(=O)CCCCCCCc3ccc4c(c3)n(C)c(=O)n4C3CCC(=O)NC3=O)CC2)nn2c(C(=O)N[C@@H]3C[C@@H]3F)cnc12. The summed E-state index contributed by atoms with van der Waals surface area (Å²) in [6.45, 7) is 1.31. The fraction of sp³-hybridized carbons (Fsp3) is 0.541. The van der Waals surface area contributed by atoms with Gasteiger partial charge in [-0.1, -0.05) is 25.3 Å². The number of nitrogens with zero attached hydrogens (tertiary/aromatic N) is 6. The Morgan fingerprint density at radius 3 is 2.48 bits per heavy atom. The number of likely N-dealkylation sites (tertiary alicyclic amines) is 1. The molecule has 0 radical (unpaired) electrons. The van der Waals surface area contributed by atoms with E-state index in [1.54, 1.807) is 18.7 Å². The first-order chi connectivity index (χ1) is 25.1. The van der Waals surface area contributed by atoms with Gasteiger partial charge in [0.05, 0.1) is 34.7 Å². The number of amides is 4. The second-order valence-corrected chi connectivity index (χ2v) is 14.4. The molecule has 3 aliphatic rings. The third kappa shape index (κ3) is 7.17. The van der Waals surface area contributed by atoms with Crippen molar-refractivity contribution in [1.82, 2.24) is 39.3 Å². The minimum absolute atomic E-state index is 0.133. The topological polar surface area (TPSA) is 165 Å². The fourth-order valence-electron chi connectivity index (χ4n) is 7.59. The first-order valence-electron chi connectivity index (χ1n) is 18.5. The van der Waals surface area contributed by atoms with E-state index in [2.05, 4.69) is 20.9 Å². The predicted octanol–water partition coefficient (Wildman–Crippen LogP) is 3.53. The number of carbonyl (C=O) groups excluding carboxylic acids is 4. The highest BCUT2D eigenvalue weighted by molar-refractivity contribution is 6.00. The van der Waals surface area contributed by atoms with Gasteiger partial charge in [0.15, 0.2) is 11.3 Å². The molecule has 4 amide bonds. The van der Waals surface area contributed by atoms with Crippen LogP contribution in [0.15, 0.2) is 35.3 Å². The van der Waals surface area contributed by atoms with Gasteiger partial charge in [0.25, 0.3) is 5.91 Å². The summed E-state index contributed by atoms with van der Waals surface area (Å²) >= 11 is 0. The fourth-order valence-corrected chi connectivity index (χ4v) is 7.59. The summed E-state index contributed by atoms with van der Waals surface area (Å²) in [6, 6.07) is 6.74. The second kappa shape index (κ2) is 14.9. The summed E-state index contributed by atoms with van der Waals surface area (Å²) in [5, 5.41) is 13.0. The van der Waals surface area contributed by atoms with Crippen molar-refractivity contribution in [2.45, 2.75) is 101 Å². The molecule has 14 nitrogen and oxygen atoms in total. The number of imide groups is 1. The average Bonchev–Trinajstić information content (AvgIpc) is 3.55. The van der Waals surface area contributed by atoms with Crippen LogP contribution >= 0.6 is 0 Å². The summed E-state index contributed by atoms with van der Waals surface area (Å²) in [4.78, 5) is 69.2. The van der Waals surface area contributed by atoms with Gasteiger partial charge in [0.2, 0.25) is 17.7 Å². The van der Waals surface area contributed by atoms with Crippen LogP contribution in [0.3, 0.4) is 0 Å². The van der Waals surface area contributed by atoms with Crippen molar-refractivity contribution in [2.75, 3.05) is 25.5 Å². The van der Waals surface area contributed by atoms with Crippen molar-refractivity contribution in [1.29, 1.82) is 0 Å². The van der Waals surface area contributed by atoms with Gasteiger partial charge in [-0.2, -0.15) is 5.10 Å². The van der Waals surface area contributed by atoms with Gasteiger partial charge in [-0.25, -0.2) is 18.7 Å². The van der Waals surface area contributed by atoms with E-state index in [0.29, 0.717) is 43.5 Å². The number of unbranched alkanes of at least 4 members (excludes halogenated alkanes) is 4. The monoisotopic (exact) mass is 715 g/mol. The van der Waals surface area contributed by atoms with Crippen LogP contribution in [0.25, 0.3) is 16.7 Å². The molecule has 5 heterocycles. The third-order valence-electron chi connectivity index (χ3n) is 10.8. The standard InChI is InChI=1S/C37H46FN9O5/c1-39-27-20-25(43-47-31(21-40-34(27)47)36(51)41-26-19-24(26)38)23-14-16-45(17-15-23)33(49)9-7-5-3-4-6-8-22-10-11-28-30(18-22)44(2)37(52)46(28)29-12-13-32(48)42-35(29)50/h10-11,18,20-21,23-24,26,29,39H,3-9,12-17,19H2,1-2H3,(H,41,51)(H,42,48,50)/t24-,26+,29?/m0/s1. The number of hydrogen-bond acceptors (Lipinski definition) is 8. The minimum atomic E-state index is -0.997. The zero-order valence-electron chi connectivity index (χ0n) is 29.7. The Hall–Kier alpha value is -5.08. The number of anilines is 1. The number of carbonyl (C=O) groups is 4. The Kier molecular flexibility index (Phi) is 10.1. The number of aromatic nitrogens is 5. The molecule has 2 saturated heterocycles. The number of halogens is 1. The van der Waals surface area contributed by atoms with Gasteiger partial charge in [-0.3, -0.25) is 33.6 Å². The maximum atomic E-state index is 13.4. The highest BCUT2D eigenvalue weighted by Gasteiger charge is 2.39. The number of aryl methyl sites for hydroxylation is 2. The normalized spacial score (nSPS) is 20.8. The van der Waals surface area contributed by atoms with E-state index in [-0.39, 0.29) is 35.5 Å². The van der Waals surface area contributed by atoms with Crippen molar-refractivity contribution in [2.24, 2.45) is 7.05 Å². The van der Waals surface area contributed by atoms with Crippen LogP contribution in [0.5, 0.6) is 0 Å². The lowest BCUT2D eigenvalue weighted by Crippen LogP contribution is -2.44. The molecule has 1 saturated carbocycles. The molecule has 4 aromatic rings. The molecule has 52 heavy (non-hydrogen) atoms. The average molecular weight is 716 g/mol. The van der Waals surface area contributed by atoms with Crippen LogP contribution in [0.2, 0.25) is 0 Å². The molecule has 7 rings (SSSR count). The third-order valence-corrected chi connectivity index (χ3v) is 10.8. The summed E-state index contributed by atoms with van der Waals surface area (Å²) < 4.78 is 18.0. The number of piperidine rings is 2. The molecular formula is C37H46FN9O5. The molecule has 1 aliphatic carbocycles. The molecule has 1 unspecified atom stereocenters. The van der Waals surface area contributed by atoms with Crippen LogP contribution in [-0.2, 0) is 27.9 Å². The number of hydrogen-bond donors (Lipinski definition) is 3. The number of benzene rings is 1. The molecule has 3 atom stereocenters. The van der Waals surface area contributed by atoms with Crippen molar-refractivity contribution < 1.29 is 23.6 Å². The second-order valence-electron chi connectivity index (χ2n) is 14.4. The summed E-state index contributed by atoms with van der Waals surface area (Å²) in [5.41, 5.74) is 4.72. The molecule has 0 spiro atoms. The number of alkyl halides is 1. The molecule has 3 N–H and O–H groups in total. The van der Waals surface area contributed by atoms with E-state index in [9.17, 15) is 28.4 Å². The lowest BCUT2D eigenvalue weighted by molar-refractivity contribution is -0.136. The van der Waals surface area contributed by atoms with Gasteiger partial charge in [-0.15, -0.1) is 0 Å². The summed E-state index contributed by atoms with van der Waals surface area (Å²) in [6.07, 6.45) is 9.17. The van der Waals surface area contributed by atoms with E-state index in [4.69, 9.17) is 5.10 Å². The van der Waals surface area contributed by atoms with E-state index in [1.807, 2.05) is 29.2 Å². The van der Waals surface area contributed by atoms with Gasteiger partial charge < -0.3 is 15.5 Å². The molecule has 0 bridgehead atoms. The molecule has 276 valence electrons. The number of nitrogens with one attached hydrogen (secondary N) is 3. The van der Waals surface area contributed by atoms with Crippen molar-refractivity contribution in [3.05, 3.63) is 57.9 Å². The quantitative estimate of drug-likeness (QED) is 0.140. The van der Waals surface area contributed by atoms with E-state index >= 15 is 0 Å². The largest absolute Gasteiger partial charge is 0.385 e. The number of imidazole rings is 2. The first-order valence-corrected chi connectivity index (χ1v) is 18.5. The lowest BCUT2D eigenvalue weighted by Gasteiger charge is -2.32. The van der Waals surface area contributed by atoms with Gasteiger partial charge >= 0.3 is 5.69 Å². The molecule has 15 heteroatoms. The number of fused-ring (bicyclic) bond motifs is 2. The Balaban J connectivity index is 0.843. The zero-order valence-corrected chi connectivity index (χ0v) is 29.7. The Morgan fingerprint density at radius 2 is 1.75 bits per heavy atom. The van der Waals surface area contributed by atoms with Crippen LogP contribution in [0, 0.1) is 0 Å². The van der Waals surface area contributed by atoms with E-state index in [0.717, 1.165) is 73.8 Å². The maximum absolute atomic E-state index is 13.4. The van der Waals surface area contributed by atoms with E-state index < -0.39 is 30.1 Å². The first kappa shape index (κ1) is 35.3. The highest BCUT2D eigenvalue weighted by atomic mass is 19.1. The van der Waals surface area contributed by atoms with Gasteiger partial charge in [0.1, 0.15) is 12.2 Å². The Morgan fingerprint density at radius 1 is 1.00 bits per heavy atom. The van der Waals surface area contributed by atoms with Crippen molar-refractivity contribution in [3.8, 4) is 0 Å². The van der Waals surface area contributed by atoms with Gasteiger partial charge in [-0.05, 0) is 62.3 Å². The van der Waals surface area contributed by atoms with Crippen molar-refractivity contribution in [3.63, 3.8) is 0 Å². The Labute approximate surface area is 300 Å². The smallest absolute Gasteiger partial charge is 0.329 e. The minimum Gasteiger partial charge on any atom is -0.385 e. The molecular weight excluding hydrogens is 669 g/mol. The van der Waals surface area contributed by atoms with Crippen LogP contribution in [0.1, 0.15) is 104 Å². The lowest BCUT2D eigenvalue weighted by atomic mass is 9.93. The maximum Gasteiger partial charge on any atom is 0.329 e. The summed E-state index contributed by atoms with van der Waals surface area (Å²) in [7, 11) is 3.50. The molecule has 3 aromatic heterocycles. The van der Waals surface area contributed by atoms with Crippen LogP contribution in [0.4, 0.5) is 10.1 Å². The highest BCUT2D eigenvalue weighted by Crippen LogP contribution is 2.31. The zero-order chi connectivity index (χ0) is 36.5. The van der Waals surface area contributed by atoms with Crippen molar-refractivity contribution >= 4 is 46.0 Å². The Bertz CT molecular complexity index is 2080. The number of rotatable bonds is 13. The molecule has 2 aliphatic heterocycles. The molecule has 1 aromatic carbocycles. The van der Waals surface area contributed by atoms with Gasteiger partial charge in [0, 0.05) is 52.4 Å². The molecule has 3 fully saturated rings. The van der Waals surface area contributed by atoms with Crippen LogP contribution in [-0.4, -0.2) is 84.6 Å². The van der Waals surface area contributed by atoms with Crippen LogP contribution < -0.4 is 21.6 Å².